The van der Waals surface area contributed by atoms with Gasteiger partial charge in [0.25, 0.3) is 0 Å². The average Bonchev–Trinajstić information content (AvgIpc) is 2.66. The molecule has 0 aliphatic heterocycles. The highest BCUT2D eigenvalue weighted by Gasteiger charge is 2.26. The van der Waals surface area contributed by atoms with Gasteiger partial charge < -0.3 is 19.2 Å². The fraction of sp³-hybridized carbons (Fsp3) is 0.522. The number of carbonyl (C=O) groups excluding carboxylic acids is 2. The van der Waals surface area contributed by atoms with E-state index in [0.29, 0.717) is 18.4 Å². The number of alkyl carbamates (subject to hydrolysis) is 1. The molecule has 1 aliphatic carbocycles. The highest BCUT2D eigenvalue weighted by atomic mass is 16.6. The number of esters is 1. The lowest BCUT2D eigenvalue weighted by atomic mass is 9.91. The van der Waals surface area contributed by atoms with E-state index in [1.165, 1.54) is 0 Å². The molecule has 162 valence electrons. The second-order valence-corrected chi connectivity index (χ2v) is 8.62. The Labute approximate surface area is 175 Å². The van der Waals surface area contributed by atoms with Crippen molar-refractivity contribution >= 4 is 23.0 Å². The lowest BCUT2D eigenvalue weighted by molar-refractivity contribution is -0.137. The minimum absolute atomic E-state index is 0.263. The van der Waals surface area contributed by atoms with Gasteiger partial charge in [0.05, 0.1) is 0 Å². The Balaban J connectivity index is 1.79. The van der Waals surface area contributed by atoms with Gasteiger partial charge in [-0.15, -0.1) is 0 Å². The molecule has 30 heavy (non-hydrogen) atoms. The van der Waals surface area contributed by atoms with Crippen molar-refractivity contribution in [3.8, 4) is 5.75 Å². The Morgan fingerprint density at radius 2 is 1.87 bits per heavy atom. The number of benzene rings is 1. The standard InChI is InChI=1S/C23H29NO6/c1-5-8-18(24-22(27)30-23(2,3)4)21(26)28-14-11-12-16-15-9-6-7-10-17(15)20(25)29-19(16)13-14/h11-13,18H,5-10H2,1-4H3,(H,24,27). The number of ether oxygens (including phenoxy) is 2. The Morgan fingerprint density at radius 1 is 1.17 bits per heavy atom. The zero-order valence-corrected chi connectivity index (χ0v) is 18.0. The van der Waals surface area contributed by atoms with E-state index >= 15 is 0 Å². The number of hydrogen-bond acceptors (Lipinski definition) is 6. The quantitative estimate of drug-likeness (QED) is 0.445. The van der Waals surface area contributed by atoms with E-state index in [9.17, 15) is 14.4 Å². The van der Waals surface area contributed by atoms with E-state index in [-0.39, 0.29) is 11.4 Å². The molecule has 1 aliphatic rings. The van der Waals surface area contributed by atoms with Gasteiger partial charge in [0, 0.05) is 17.0 Å². The molecule has 3 rings (SSSR count). The number of carbonyl (C=O) groups is 2. The van der Waals surface area contributed by atoms with Crippen LogP contribution < -0.4 is 15.7 Å². The van der Waals surface area contributed by atoms with Gasteiger partial charge in [-0.2, -0.15) is 0 Å². The number of hydrogen-bond donors (Lipinski definition) is 1. The maximum atomic E-state index is 12.7. The SMILES string of the molecule is CCCC(NC(=O)OC(C)(C)C)C(=O)Oc1ccc2c3c(c(=O)oc2c1)CCCC3. The van der Waals surface area contributed by atoms with Crippen LogP contribution >= 0.6 is 0 Å². The largest absolute Gasteiger partial charge is 0.444 e. The number of nitrogens with one attached hydrogen (secondary N) is 1. The summed E-state index contributed by atoms with van der Waals surface area (Å²) >= 11 is 0. The first kappa shape index (κ1) is 21.9. The predicted octanol–water partition coefficient (Wildman–Crippen LogP) is 4.27. The highest BCUT2D eigenvalue weighted by molar-refractivity contribution is 5.86. The van der Waals surface area contributed by atoms with Crippen LogP contribution in [0.1, 0.15) is 64.5 Å². The van der Waals surface area contributed by atoms with Crippen molar-refractivity contribution in [2.75, 3.05) is 0 Å². The lowest BCUT2D eigenvalue weighted by Gasteiger charge is -2.22. The lowest BCUT2D eigenvalue weighted by Crippen LogP contribution is -2.45. The molecule has 0 saturated heterocycles. The van der Waals surface area contributed by atoms with E-state index in [0.717, 1.165) is 42.2 Å². The van der Waals surface area contributed by atoms with Gasteiger partial charge in [-0.05, 0) is 70.6 Å². The topological polar surface area (TPSA) is 94.8 Å². The molecular weight excluding hydrogens is 386 g/mol. The van der Waals surface area contributed by atoms with Gasteiger partial charge in [0.1, 0.15) is 23.0 Å². The summed E-state index contributed by atoms with van der Waals surface area (Å²) < 4.78 is 16.2. The Hall–Kier alpha value is -2.83. The molecule has 0 bridgehead atoms. The second-order valence-electron chi connectivity index (χ2n) is 8.62. The van der Waals surface area contributed by atoms with Crippen molar-refractivity contribution in [3.63, 3.8) is 0 Å². The van der Waals surface area contributed by atoms with Crippen molar-refractivity contribution in [2.24, 2.45) is 0 Å². The molecule has 0 radical (unpaired) electrons. The molecule has 1 unspecified atom stereocenters. The van der Waals surface area contributed by atoms with Crippen molar-refractivity contribution in [1.82, 2.24) is 5.32 Å². The third-order valence-corrected chi connectivity index (χ3v) is 4.97. The summed E-state index contributed by atoms with van der Waals surface area (Å²) in [6, 6.07) is 4.23. The number of rotatable bonds is 5. The van der Waals surface area contributed by atoms with Gasteiger partial charge >= 0.3 is 17.7 Å². The van der Waals surface area contributed by atoms with E-state index in [4.69, 9.17) is 13.9 Å². The van der Waals surface area contributed by atoms with E-state index in [2.05, 4.69) is 5.32 Å². The molecule has 0 fully saturated rings. The first-order chi connectivity index (χ1) is 14.2. The van der Waals surface area contributed by atoms with Gasteiger partial charge in [0.15, 0.2) is 0 Å². The number of amides is 1. The van der Waals surface area contributed by atoms with Gasteiger partial charge in [-0.1, -0.05) is 13.3 Å². The third-order valence-electron chi connectivity index (χ3n) is 4.97. The maximum Gasteiger partial charge on any atom is 0.408 e. The molecule has 2 aromatic rings. The summed E-state index contributed by atoms with van der Waals surface area (Å²) in [5.41, 5.74) is 1.19. The summed E-state index contributed by atoms with van der Waals surface area (Å²) in [6.07, 6.45) is 4.02. The molecule has 1 aromatic carbocycles. The zero-order chi connectivity index (χ0) is 21.9. The molecule has 7 nitrogen and oxygen atoms in total. The van der Waals surface area contributed by atoms with Crippen LogP contribution in [0.15, 0.2) is 27.4 Å². The maximum absolute atomic E-state index is 12.7. The van der Waals surface area contributed by atoms with Gasteiger partial charge in [-0.3, -0.25) is 0 Å². The van der Waals surface area contributed by atoms with Gasteiger partial charge in [-0.25, -0.2) is 14.4 Å². The molecule has 7 heteroatoms. The first-order valence-corrected chi connectivity index (χ1v) is 10.5. The van der Waals surface area contributed by atoms with Crippen LogP contribution in [0.3, 0.4) is 0 Å². The molecule has 1 N–H and O–H groups in total. The summed E-state index contributed by atoms with van der Waals surface area (Å²) in [5, 5.41) is 3.45. The molecule has 1 atom stereocenters. The van der Waals surface area contributed by atoms with Crippen LogP contribution in [0.2, 0.25) is 0 Å². The van der Waals surface area contributed by atoms with Crippen LogP contribution in [0.5, 0.6) is 5.75 Å². The van der Waals surface area contributed by atoms with Crippen LogP contribution in [-0.4, -0.2) is 23.7 Å². The minimum Gasteiger partial charge on any atom is -0.444 e. The van der Waals surface area contributed by atoms with Crippen molar-refractivity contribution in [3.05, 3.63) is 39.7 Å². The smallest absolute Gasteiger partial charge is 0.408 e. The summed E-state index contributed by atoms with van der Waals surface area (Å²) in [4.78, 5) is 37.0. The molecule has 1 heterocycles. The van der Waals surface area contributed by atoms with Crippen LogP contribution in [0.4, 0.5) is 4.79 Å². The number of fused-ring (bicyclic) bond motifs is 3. The van der Waals surface area contributed by atoms with Crippen LogP contribution in [-0.2, 0) is 22.4 Å². The zero-order valence-electron chi connectivity index (χ0n) is 18.0. The van der Waals surface area contributed by atoms with Crippen LogP contribution in [0, 0.1) is 0 Å². The fourth-order valence-corrected chi connectivity index (χ4v) is 3.66. The molecule has 0 spiro atoms. The van der Waals surface area contributed by atoms with Crippen LogP contribution in [0.25, 0.3) is 11.0 Å². The fourth-order valence-electron chi connectivity index (χ4n) is 3.66. The Morgan fingerprint density at radius 3 is 2.53 bits per heavy atom. The monoisotopic (exact) mass is 415 g/mol. The first-order valence-electron chi connectivity index (χ1n) is 10.5. The summed E-state index contributed by atoms with van der Waals surface area (Å²) in [7, 11) is 0. The third kappa shape index (κ3) is 5.20. The summed E-state index contributed by atoms with van der Waals surface area (Å²) in [5.74, 6) is -0.333. The van der Waals surface area contributed by atoms with Crippen molar-refractivity contribution in [1.29, 1.82) is 0 Å². The Kier molecular flexibility index (Phi) is 6.48. The predicted molar refractivity (Wildman–Crippen MR) is 113 cm³/mol. The molecular formula is C23H29NO6. The van der Waals surface area contributed by atoms with E-state index in [1.807, 2.05) is 13.0 Å². The summed E-state index contributed by atoms with van der Waals surface area (Å²) in [6.45, 7) is 7.16. The normalized spacial score (nSPS) is 14.7. The van der Waals surface area contributed by atoms with E-state index in [1.54, 1.807) is 32.9 Å². The molecule has 1 amide bonds. The number of aryl methyl sites for hydroxylation is 1. The molecule has 1 aromatic heterocycles. The second kappa shape index (κ2) is 8.90. The Bertz CT molecular complexity index is 1000. The molecule has 0 saturated carbocycles. The van der Waals surface area contributed by atoms with Gasteiger partial charge in [0.2, 0.25) is 0 Å². The van der Waals surface area contributed by atoms with E-state index < -0.39 is 23.7 Å². The highest BCUT2D eigenvalue weighted by Crippen LogP contribution is 2.29. The minimum atomic E-state index is -0.837. The average molecular weight is 415 g/mol. The van der Waals surface area contributed by atoms with Crippen molar-refractivity contribution in [2.45, 2.75) is 77.9 Å². The van der Waals surface area contributed by atoms with Crippen molar-refractivity contribution < 1.29 is 23.5 Å².